The molecule has 2 N–H and O–H groups in total. The molecule has 1 fully saturated rings. The third kappa shape index (κ3) is 4.67. The van der Waals surface area contributed by atoms with E-state index in [1.165, 1.54) is 35.0 Å². The molecule has 6 nitrogen and oxygen atoms in total. The number of nitrogens with zero attached hydrogens (tertiary/aromatic N) is 2. The summed E-state index contributed by atoms with van der Waals surface area (Å²) in [7, 11) is 0. The molecule has 3 aromatic carbocycles. The number of aryl methyl sites for hydroxylation is 1. The van der Waals surface area contributed by atoms with Gasteiger partial charge in [0.25, 0.3) is 5.91 Å². The van der Waals surface area contributed by atoms with Crippen LogP contribution in [0.15, 0.2) is 60.7 Å². The molecule has 7 heteroatoms. The van der Waals surface area contributed by atoms with Crippen LogP contribution in [0, 0.1) is 19.7 Å². The van der Waals surface area contributed by atoms with Crippen LogP contribution in [0.1, 0.15) is 31.8 Å². The van der Waals surface area contributed by atoms with Crippen LogP contribution in [-0.4, -0.2) is 43.2 Å². The summed E-state index contributed by atoms with van der Waals surface area (Å²) in [4.78, 5) is 28.8. The molecule has 1 saturated heterocycles. The van der Waals surface area contributed by atoms with Gasteiger partial charge in [-0.05, 0) is 61.4 Å². The number of carbonyl (C=O) groups is 2. The van der Waals surface area contributed by atoms with Crippen LogP contribution in [0.3, 0.4) is 0 Å². The first-order valence-corrected chi connectivity index (χ1v) is 10.8. The molecule has 0 aromatic heterocycles. The fraction of sp³-hybridized carbons (Fsp3) is 0.231. The Labute approximate surface area is 192 Å². The van der Waals surface area contributed by atoms with Crippen LogP contribution in [0.2, 0.25) is 0 Å². The average molecular weight is 448 g/mol. The number of hydrogen-bond acceptors (Lipinski definition) is 4. The first kappa shape index (κ1) is 22.3. The third-order valence-electron chi connectivity index (χ3n) is 6.16. The topological polar surface area (TPSA) is 72.9 Å². The van der Waals surface area contributed by atoms with E-state index in [1.807, 2.05) is 0 Å². The van der Waals surface area contributed by atoms with E-state index in [0.29, 0.717) is 0 Å². The summed E-state index contributed by atoms with van der Waals surface area (Å²) in [6.07, 6.45) is 0. The van der Waals surface area contributed by atoms with Crippen molar-refractivity contribution < 1.29 is 19.1 Å². The number of aromatic carboxylic acids is 1. The first-order chi connectivity index (χ1) is 15.8. The van der Waals surface area contributed by atoms with Crippen LogP contribution < -0.4 is 15.1 Å². The molecule has 1 aliphatic rings. The molecule has 1 heterocycles. The quantitative estimate of drug-likeness (QED) is 0.592. The zero-order chi connectivity index (χ0) is 23.5. The number of benzene rings is 3. The molecule has 0 spiro atoms. The molecular weight excluding hydrogens is 421 g/mol. The number of carbonyl (C=O) groups excluding carboxylic acids is 1. The Morgan fingerprint density at radius 1 is 0.879 bits per heavy atom. The van der Waals surface area contributed by atoms with E-state index in [1.54, 1.807) is 24.3 Å². The number of anilines is 3. The van der Waals surface area contributed by atoms with E-state index < -0.39 is 17.7 Å². The molecule has 0 radical (unpaired) electrons. The Balaban J connectivity index is 1.50. The van der Waals surface area contributed by atoms with E-state index in [0.717, 1.165) is 31.9 Å². The van der Waals surface area contributed by atoms with Gasteiger partial charge in [-0.1, -0.05) is 24.3 Å². The zero-order valence-corrected chi connectivity index (χ0v) is 18.6. The lowest BCUT2D eigenvalue weighted by Crippen LogP contribution is -2.46. The third-order valence-corrected chi connectivity index (χ3v) is 6.16. The highest BCUT2D eigenvalue weighted by molar-refractivity contribution is 6.08. The molecule has 0 bridgehead atoms. The highest BCUT2D eigenvalue weighted by atomic mass is 19.1. The predicted octanol–water partition coefficient (Wildman–Crippen LogP) is 4.72. The van der Waals surface area contributed by atoms with Crippen molar-refractivity contribution in [2.24, 2.45) is 0 Å². The summed E-state index contributed by atoms with van der Waals surface area (Å²) in [6, 6.07) is 16.8. The molecule has 0 unspecified atom stereocenters. The van der Waals surface area contributed by atoms with Crippen molar-refractivity contribution in [1.82, 2.24) is 0 Å². The second-order valence-electron chi connectivity index (χ2n) is 8.16. The number of piperazine rings is 1. The minimum Gasteiger partial charge on any atom is -0.478 e. The van der Waals surface area contributed by atoms with Gasteiger partial charge < -0.3 is 20.2 Å². The molecule has 1 aliphatic heterocycles. The van der Waals surface area contributed by atoms with Crippen LogP contribution in [0.4, 0.5) is 21.5 Å². The minimum atomic E-state index is -1.16. The number of nitrogens with one attached hydrogen (secondary N) is 1. The van der Waals surface area contributed by atoms with Gasteiger partial charge in [0.05, 0.1) is 16.8 Å². The van der Waals surface area contributed by atoms with Gasteiger partial charge in [-0.15, -0.1) is 0 Å². The summed E-state index contributed by atoms with van der Waals surface area (Å²) >= 11 is 0. The highest BCUT2D eigenvalue weighted by Gasteiger charge is 2.22. The maximum absolute atomic E-state index is 13.9. The molecule has 0 atom stereocenters. The number of carboxylic acid groups (broad SMARTS) is 1. The van der Waals surface area contributed by atoms with Crippen molar-refractivity contribution in [3.63, 3.8) is 0 Å². The number of amides is 1. The van der Waals surface area contributed by atoms with Crippen LogP contribution in [-0.2, 0) is 0 Å². The SMILES string of the molecule is Cc1cccc(N2CCN(c3ccc(NC(=O)c4ccccc4F)c(C(=O)O)c3)CC2)c1C. The van der Waals surface area contributed by atoms with Crippen molar-refractivity contribution in [3.8, 4) is 0 Å². The lowest BCUT2D eigenvalue weighted by atomic mass is 10.1. The van der Waals surface area contributed by atoms with Crippen molar-refractivity contribution in [1.29, 1.82) is 0 Å². The summed E-state index contributed by atoms with van der Waals surface area (Å²) < 4.78 is 13.9. The highest BCUT2D eigenvalue weighted by Crippen LogP contribution is 2.28. The van der Waals surface area contributed by atoms with Gasteiger partial charge in [0.2, 0.25) is 0 Å². The van der Waals surface area contributed by atoms with Crippen LogP contribution in [0.25, 0.3) is 0 Å². The maximum Gasteiger partial charge on any atom is 0.337 e. The van der Waals surface area contributed by atoms with Gasteiger partial charge in [0, 0.05) is 37.6 Å². The van der Waals surface area contributed by atoms with Gasteiger partial charge >= 0.3 is 5.97 Å². The molecule has 0 aliphatic carbocycles. The normalized spacial score (nSPS) is 13.7. The predicted molar refractivity (Wildman–Crippen MR) is 128 cm³/mol. The average Bonchev–Trinajstić information content (AvgIpc) is 2.81. The minimum absolute atomic E-state index is 0.0332. The summed E-state index contributed by atoms with van der Waals surface area (Å²) in [5, 5.41) is 12.3. The molecule has 3 aromatic rings. The number of carboxylic acids is 1. The molecule has 4 rings (SSSR count). The Morgan fingerprint density at radius 3 is 2.27 bits per heavy atom. The molecular formula is C26H26FN3O3. The Hall–Kier alpha value is -3.87. The van der Waals surface area contributed by atoms with E-state index in [9.17, 15) is 19.1 Å². The van der Waals surface area contributed by atoms with E-state index in [4.69, 9.17) is 0 Å². The van der Waals surface area contributed by atoms with E-state index in [2.05, 4.69) is 47.2 Å². The molecule has 170 valence electrons. The van der Waals surface area contributed by atoms with Crippen LogP contribution in [0.5, 0.6) is 0 Å². The first-order valence-electron chi connectivity index (χ1n) is 10.8. The van der Waals surface area contributed by atoms with E-state index >= 15 is 0 Å². The summed E-state index contributed by atoms with van der Waals surface area (Å²) in [6.45, 7) is 7.36. The van der Waals surface area contributed by atoms with Crippen molar-refractivity contribution in [2.75, 3.05) is 41.3 Å². The summed E-state index contributed by atoms with van der Waals surface area (Å²) in [5.74, 6) is -2.51. The molecule has 33 heavy (non-hydrogen) atoms. The fourth-order valence-corrected chi connectivity index (χ4v) is 4.13. The van der Waals surface area contributed by atoms with Crippen molar-refractivity contribution in [2.45, 2.75) is 13.8 Å². The summed E-state index contributed by atoms with van der Waals surface area (Å²) in [5.41, 5.74) is 4.50. The standard InChI is InChI=1S/C26H26FN3O3/c1-17-6-5-9-24(18(17)2)30-14-12-29(13-15-30)19-10-11-23(21(16-19)26(32)33)28-25(31)20-7-3-4-8-22(20)27/h3-11,16H,12-15H2,1-2H3,(H,28,31)(H,32,33). The van der Waals surface area contributed by atoms with Gasteiger partial charge in [0.15, 0.2) is 0 Å². The Morgan fingerprint density at radius 2 is 1.58 bits per heavy atom. The van der Waals surface area contributed by atoms with Crippen LogP contribution >= 0.6 is 0 Å². The molecule has 0 saturated carbocycles. The van der Waals surface area contributed by atoms with Crippen molar-refractivity contribution >= 4 is 28.9 Å². The van der Waals surface area contributed by atoms with Crippen molar-refractivity contribution in [3.05, 3.63) is 88.7 Å². The van der Waals surface area contributed by atoms with E-state index in [-0.39, 0.29) is 16.8 Å². The number of hydrogen-bond donors (Lipinski definition) is 2. The lowest BCUT2D eigenvalue weighted by Gasteiger charge is -2.38. The second-order valence-corrected chi connectivity index (χ2v) is 8.16. The maximum atomic E-state index is 13.9. The zero-order valence-electron chi connectivity index (χ0n) is 18.6. The monoisotopic (exact) mass is 447 g/mol. The lowest BCUT2D eigenvalue weighted by molar-refractivity contribution is 0.0698. The van der Waals surface area contributed by atoms with Gasteiger partial charge in [-0.2, -0.15) is 0 Å². The van der Waals surface area contributed by atoms with Gasteiger partial charge in [0.1, 0.15) is 5.82 Å². The number of halogens is 1. The van der Waals surface area contributed by atoms with Gasteiger partial charge in [-0.25, -0.2) is 9.18 Å². The Kier molecular flexibility index (Phi) is 6.31. The second kappa shape index (κ2) is 9.32. The largest absolute Gasteiger partial charge is 0.478 e. The fourth-order valence-electron chi connectivity index (χ4n) is 4.13. The smallest absolute Gasteiger partial charge is 0.337 e. The number of rotatable bonds is 5. The van der Waals surface area contributed by atoms with Gasteiger partial charge in [-0.3, -0.25) is 4.79 Å². The Bertz CT molecular complexity index is 1200. The molecule has 1 amide bonds.